The minimum absolute atomic E-state index is 0.00625. The molecule has 14 nitrogen and oxygen atoms in total. The molecule has 0 saturated carbocycles. The number of hydrogen-bond acceptors (Lipinski definition) is 8. The number of carboxylic acid groups (broad SMARTS) is 1. The zero-order valence-corrected chi connectivity index (χ0v) is 18.9. The van der Waals surface area contributed by atoms with E-state index in [0.717, 1.165) is 0 Å². The quantitative estimate of drug-likeness (QED) is 0.123. The molecule has 0 aromatic heterocycles. The van der Waals surface area contributed by atoms with Crippen molar-refractivity contribution in [3.8, 4) is 5.75 Å². The number of amides is 5. The van der Waals surface area contributed by atoms with Crippen molar-refractivity contribution in [2.75, 3.05) is 6.54 Å². The van der Waals surface area contributed by atoms with Gasteiger partial charge in [0.2, 0.25) is 29.5 Å². The molecular formula is C21H30N6O8. The van der Waals surface area contributed by atoms with Crippen molar-refractivity contribution >= 4 is 35.5 Å². The molecule has 0 saturated heterocycles. The number of nitrogens with one attached hydrogen (secondary N) is 3. The first-order chi connectivity index (χ1) is 16.4. The zero-order chi connectivity index (χ0) is 26.5. The summed E-state index contributed by atoms with van der Waals surface area (Å²) in [5.41, 5.74) is 16.0. The maximum absolute atomic E-state index is 13.0. The van der Waals surface area contributed by atoms with E-state index in [1.54, 1.807) is 0 Å². The fourth-order valence-electron chi connectivity index (χ4n) is 2.97. The number of primary amides is 2. The third-order valence-electron chi connectivity index (χ3n) is 4.82. The van der Waals surface area contributed by atoms with E-state index in [9.17, 15) is 39.0 Å². The Morgan fingerprint density at radius 3 is 1.74 bits per heavy atom. The fourth-order valence-corrected chi connectivity index (χ4v) is 2.97. The van der Waals surface area contributed by atoms with E-state index in [0.29, 0.717) is 5.56 Å². The molecule has 0 radical (unpaired) electrons. The van der Waals surface area contributed by atoms with Crippen LogP contribution in [0.2, 0.25) is 0 Å². The number of hydrogen-bond donors (Lipinski definition) is 8. The van der Waals surface area contributed by atoms with Crippen LogP contribution in [0.1, 0.15) is 31.2 Å². The molecule has 0 heterocycles. The average Bonchev–Trinajstić information content (AvgIpc) is 2.79. The predicted octanol–water partition coefficient (Wildman–Crippen LogP) is -3.04. The van der Waals surface area contributed by atoms with E-state index < -0.39 is 60.2 Å². The van der Waals surface area contributed by atoms with Crippen molar-refractivity contribution < 1.29 is 39.0 Å². The van der Waals surface area contributed by atoms with Crippen molar-refractivity contribution in [1.29, 1.82) is 0 Å². The second kappa shape index (κ2) is 14.1. The van der Waals surface area contributed by atoms with Gasteiger partial charge in [0.05, 0.1) is 6.54 Å². The molecule has 0 fully saturated rings. The van der Waals surface area contributed by atoms with Gasteiger partial charge in [0.1, 0.15) is 23.9 Å². The first-order valence-electron chi connectivity index (χ1n) is 10.6. The lowest BCUT2D eigenvalue weighted by molar-refractivity contribution is -0.142. The number of carbonyl (C=O) groups excluding carboxylic acids is 5. The number of aromatic hydroxyl groups is 1. The topological polar surface area (TPSA) is 257 Å². The molecule has 11 N–H and O–H groups in total. The summed E-state index contributed by atoms with van der Waals surface area (Å²) >= 11 is 0. The molecular weight excluding hydrogens is 464 g/mol. The molecule has 5 amide bonds. The Morgan fingerprint density at radius 2 is 1.26 bits per heavy atom. The normalized spacial score (nSPS) is 13.1. The molecule has 0 aliphatic carbocycles. The smallest absolute Gasteiger partial charge is 0.326 e. The van der Waals surface area contributed by atoms with Gasteiger partial charge >= 0.3 is 5.97 Å². The van der Waals surface area contributed by atoms with E-state index in [4.69, 9.17) is 17.2 Å². The summed E-state index contributed by atoms with van der Waals surface area (Å²) in [6.07, 6.45) is -1.20. The number of phenols is 1. The summed E-state index contributed by atoms with van der Waals surface area (Å²) in [5, 5.41) is 25.8. The first-order valence-corrected chi connectivity index (χ1v) is 10.6. The van der Waals surface area contributed by atoms with Crippen molar-refractivity contribution in [3.63, 3.8) is 0 Å². The number of carbonyl (C=O) groups is 6. The SMILES string of the molecule is NCC(=O)NC(Cc1ccc(O)cc1)C(=O)NC(CCC(N)=O)C(=O)NC(CCC(N)=O)C(=O)O. The largest absolute Gasteiger partial charge is 0.508 e. The van der Waals surface area contributed by atoms with Crippen LogP contribution in [0.25, 0.3) is 0 Å². The highest BCUT2D eigenvalue weighted by molar-refractivity contribution is 5.94. The second-order valence-electron chi connectivity index (χ2n) is 7.67. The number of benzene rings is 1. The molecule has 3 unspecified atom stereocenters. The van der Waals surface area contributed by atoms with Crippen LogP contribution in [-0.2, 0) is 35.2 Å². The van der Waals surface area contributed by atoms with Gasteiger partial charge in [-0.15, -0.1) is 0 Å². The fraction of sp³-hybridized carbons (Fsp3) is 0.429. The van der Waals surface area contributed by atoms with Gasteiger partial charge in [0, 0.05) is 19.3 Å². The number of phenolic OH excluding ortho intramolecular Hbond substituents is 1. The van der Waals surface area contributed by atoms with Crippen LogP contribution in [0.4, 0.5) is 0 Å². The number of aliphatic carboxylic acids is 1. The van der Waals surface area contributed by atoms with Crippen LogP contribution in [0, 0.1) is 0 Å². The summed E-state index contributed by atoms with van der Waals surface area (Å²) in [7, 11) is 0. The van der Waals surface area contributed by atoms with Crippen LogP contribution in [0.3, 0.4) is 0 Å². The Labute approximate surface area is 200 Å². The third-order valence-corrected chi connectivity index (χ3v) is 4.82. The Balaban J connectivity index is 3.06. The number of carboxylic acids is 1. The molecule has 1 rings (SSSR count). The summed E-state index contributed by atoms with van der Waals surface area (Å²) in [6.45, 7) is -0.412. The Kier molecular flexibility index (Phi) is 11.7. The van der Waals surface area contributed by atoms with Crippen LogP contribution >= 0.6 is 0 Å². The summed E-state index contributed by atoms with van der Waals surface area (Å²) in [6, 6.07) is 1.77. The van der Waals surface area contributed by atoms with Gasteiger partial charge < -0.3 is 43.4 Å². The molecule has 1 aromatic rings. The maximum Gasteiger partial charge on any atom is 0.326 e. The standard InChI is InChI=1S/C21H30N6O8/c22-10-18(31)25-15(9-11-1-3-12(28)4-2-11)20(33)26-13(5-7-16(23)29)19(32)27-14(21(34)35)6-8-17(24)30/h1-4,13-15,28H,5-10,22H2,(H2,23,29)(H2,24,30)(H,25,31)(H,26,33)(H,27,32)(H,34,35). The summed E-state index contributed by atoms with van der Waals surface area (Å²) in [5.74, 6) is -5.37. The van der Waals surface area contributed by atoms with Gasteiger partial charge in [0.15, 0.2) is 0 Å². The van der Waals surface area contributed by atoms with E-state index in [1.165, 1.54) is 24.3 Å². The second-order valence-corrected chi connectivity index (χ2v) is 7.67. The van der Waals surface area contributed by atoms with Crippen LogP contribution in [-0.4, -0.2) is 70.4 Å². The van der Waals surface area contributed by atoms with Gasteiger partial charge in [-0.3, -0.25) is 24.0 Å². The minimum Gasteiger partial charge on any atom is -0.508 e. The van der Waals surface area contributed by atoms with Crippen molar-refractivity contribution in [2.45, 2.75) is 50.2 Å². The van der Waals surface area contributed by atoms with Gasteiger partial charge in [-0.25, -0.2) is 4.79 Å². The third kappa shape index (κ3) is 11.0. The molecule has 192 valence electrons. The van der Waals surface area contributed by atoms with Crippen molar-refractivity contribution in [1.82, 2.24) is 16.0 Å². The highest BCUT2D eigenvalue weighted by Crippen LogP contribution is 2.12. The van der Waals surface area contributed by atoms with Crippen molar-refractivity contribution in [3.05, 3.63) is 29.8 Å². The Morgan fingerprint density at radius 1 is 0.771 bits per heavy atom. The van der Waals surface area contributed by atoms with Gasteiger partial charge in [-0.1, -0.05) is 12.1 Å². The molecule has 0 spiro atoms. The summed E-state index contributed by atoms with van der Waals surface area (Å²) < 4.78 is 0. The Bertz CT molecular complexity index is 936. The van der Waals surface area contributed by atoms with Gasteiger partial charge in [-0.05, 0) is 30.5 Å². The molecule has 14 heteroatoms. The molecule has 35 heavy (non-hydrogen) atoms. The predicted molar refractivity (Wildman–Crippen MR) is 121 cm³/mol. The van der Waals surface area contributed by atoms with Crippen LogP contribution in [0.15, 0.2) is 24.3 Å². The van der Waals surface area contributed by atoms with E-state index >= 15 is 0 Å². The van der Waals surface area contributed by atoms with E-state index in [-0.39, 0.29) is 37.9 Å². The Hall–Kier alpha value is -4.20. The van der Waals surface area contributed by atoms with Crippen LogP contribution in [0.5, 0.6) is 5.75 Å². The van der Waals surface area contributed by atoms with E-state index in [2.05, 4.69) is 16.0 Å². The minimum atomic E-state index is -1.48. The molecule has 0 bridgehead atoms. The van der Waals surface area contributed by atoms with Gasteiger partial charge in [-0.2, -0.15) is 0 Å². The molecule has 0 aliphatic heterocycles. The lowest BCUT2D eigenvalue weighted by Crippen LogP contribution is -2.56. The summed E-state index contributed by atoms with van der Waals surface area (Å²) in [4.78, 5) is 71.2. The zero-order valence-electron chi connectivity index (χ0n) is 18.9. The number of rotatable bonds is 15. The van der Waals surface area contributed by atoms with Crippen molar-refractivity contribution in [2.24, 2.45) is 17.2 Å². The number of nitrogens with two attached hydrogens (primary N) is 3. The first kappa shape index (κ1) is 28.8. The maximum atomic E-state index is 13.0. The molecule has 1 aromatic carbocycles. The molecule has 0 aliphatic rings. The monoisotopic (exact) mass is 494 g/mol. The lowest BCUT2D eigenvalue weighted by atomic mass is 10.0. The van der Waals surface area contributed by atoms with E-state index in [1.807, 2.05) is 0 Å². The van der Waals surface area contributed by atoms with Gasteiger partial charge in [0.25, 0.3) is 0 Å². The lowest BCUT2D eigenvalue weighted by Gasteiger charge is -2.24. The highest BCUT2D eigenvalue weighted by atomic mass is 16.4. The highest BCUT2D eigenvalue weighted by Gasteiger charge is 2.30. The average molecular weight is 495 g/mol. The van der Waals surface area contributed by atoms with Crippen LogP contribution < -0.4 is 33.2 Å². The molecule has 3 atom stereocenters.